The topological polar surface area (TPSA) is 64.1 Å². The van der Waals surface area contributed by atoms with Crippen LogP contribution in [0, 0.1) is 6.92 Å². The van der Waals surface area contributed by atoms with Crippen LogP contribution in [0.1, 0.15) is 18.9 Å². The molecule has 3 aromatic rings. The average molecular weight is 470 g/mol. The Morgan fingerprint density at radius 1 is 1.18 bits per heavy atom. The highest BCUT2D eigenvalue weighted by molar-refractivity contribution is 7.22. The summed E-state index contributed by atoms with van der Waals surface area (Å²) < 4.78 is 18.0. The minimum absolute atomic E-state index is 0.0325. The maximum Gasteiger partial charge on any atom is 0.266 e. The number of para-hydroxylation sites is 1. The molecule has 7 nitrogen and oxygen atoms in total. The molecule has 4 rings (SSSR count). The van der Waals surface area contributed by atoms with Crippen molar-refractivity contribution in [3.63, 3.8) is 0 Å². The molecule has 0 saturated carbocycles. The van der Waals surface area contributed by atoms with Gasteiger partial charge < -0.3 is 14.2 Å². The second-order valence-corrected chi connectivity index (χ2v) is 9.00. The smallest absolute Gasteiger partial charge is 0.266 e. The minimum atomic E-state index is -0.101. The fourth-order valence-electron chi connectivity index (χ4n) is 3.83. The summed E-state index contributed by atoms with van der Waals surface area (Å²) in [5.41, 5.74) is 1.89. The number of benzene rings is 2. The molecule has 0 aliphatic carbocycles. The van der Waals surface area contributed by atoms with Crippen molar-refractivity contribution in [2.75, 3.05) is 57.5 Å². The van der Waals surface area contributed by atoms with Crippen molar-refractivity contribution >= 4 is 32.6 Å². The first kappa shape index (κ1) is 23.5. The molecule has 33 heavy (non-hydrogen) atoms. The zero-order chi connectivity index (χ0) is 23.0. The summed E-state index contributed by atoms with van der Waals surface area (Å²) in [7, 11) is 0. The number of thiazole rings is 1. The molecular formula is C25H31N3O4S. The SMILES string of the molecule is CCOc1cccc2sc(N(CCCN3CCOCC3)C(=O)COc3cccc(C)c3)nc12. The van der Waals surface area contributed by atoms with Crippen LogP contribution >= 0.6 is 11.3 Å². The molecule has 1 saturated heterocycles. The molecule has 2 heterocycles. The number of carbonyl (C=O) groups excluding carboxylic acids is 1. The molecule has 0 atom stereocenters. The Balaban J connectivity index is 1.50. The summed E-state index contributed by atoms with van der Waals surface area (Å²) in [5.74, 6) is 1.34. The fourth-order valence-corrected chi connectivity index (χ4v) is 4.86. The van der Waals surface area contributed by atoms with Gasteiger partial charge in [0.25, 0.3) is 5.91 Å². The van der Waals surface area contributed by atoms with Crippen molar-refractivity contribution in [3.8, 4) is 11.5 Å². The van der Waals surface area contributed by atoms with E-state index in [0.29, 0.717) is 24.0 Å². The van der Waals surface area contributed by atoms with Crippen molar-refractivity contribution in [1.82, 2.24) is 9.88 Å². The monoisotopic (exact) mass is 469 g/mol. The van der Waals surface area contributed by atoms with Gasteiger partial charge in [-0.3, -0.25) is 14.6 Å². The van der Waals surface area contributed by atoms with Crippen molar-refractivity contribution in [3.05, 3.63) is 48.0 Å². The van der Waals surface area contributed by atoms with Crippen LogP contribution in [0.5, 0.6) is 11.5 Å². The number of carbonyl (C=O) groups is 1. The number of fused-ring (bicyclic) bond motifs is 1. The molecule has 8 heteroatoms. The number of hydrogen-bond acceptors (Lipinski definition) is 7. The molecule has 0 bridgehead atoms. The Morgan fingerprint density at radius 3 is 2.79 bits per heavy atom. The zero-order valence-corrected chi connectivity index (χ0v) is 20.1. The zero-order valence-electron chi connectivity index (χ0n) is 19.3. The quantitative estimate of drug-likeness (QED) is 0.445. The number of anilines is 1. The number of ether oxygens (including phenoxy) is 3. The van der Waals surface area contributed by atoms with E-state index in [1.165, 1.54) is 11.3 Å². The second kappa shape index (κ2) is 11.4. The van der Waals surface area contributed by atoms with Crippen LogP contribution in [0.2, 0.25) is 0 Å². The van der Waals surface area contributed by atoms with E-state index in [0.717, 1.165) is 60.8 Å². The summed E-state index contributed by atoms with van der Waals surface area (Å²) in [5, 5.41) is 0.678. The van der Waals surface area contributed by atoms with Crippen LogP contribution in [-0.4, -0.2) is 68.4 Å². The van der Waals surface area contributed by atoms with E-state index >= 15 is 0 Å². The number of amides is 1. The van der Waals surface area contributed by atoms with Gasteiger partial charge in [0, 0.05) is 26.2 Å². The first-order valence-corrected chi connectivity index (χ1v) is 12.3. The van der Waals surface area contributed by atoms with Crippen LogP contribution in [0.4, 0.5) is 5.13 Å². The highest BCUT2D eigenvalue weighted by Gasteiger charge is 2.22. The first-order valence-electron chi connectivity index (χ1n) is 11.5. The van der Waals surface area contributed by atoms with E-state index in [-0.39, 0.29) is 12.5 Å². The lowest BCUT2D eigenvalue weighted by Gasteiger charge is -2.27. The highest BCUT2D eigenvalue weighted by atomic mass is 32.1. The van der Waals surface area contributed by atoms with Crippen molar-refractivity contribution in [2.24, 2.45) is 0 Å². The van der Waals surface area contributed by atoms with Gasteiger partial charge in [0.1, 0.15) is 17.0 Å². The summed E-state index contributed by atoms with van der Waals surface area (Å²) >= 11 is 1.51. The van der Waals surface area contributed by atoms with Crippen LogP contribution in [0.25, 0.3) is 10.2 Å². The summed E-state index contributed by atoms with van der Waals surface area (Å²) in [6.07, 6.45) is 0.852. The Bertz CT molecular complexity index is 1060. The predicted molar refractivity (Wildman–Crippen MR) is 132 cm³/mol. The lowest BCUT2D eigenvalue weighted by Crippen LogP contribution is -2.40. The maximum absolute atomic E-state index is 13.3. The predicted octanol–water partition coefficient (Wildman–Crippen LogP) is 4.14. The van der Waals surface area contributed by atoms with Gasteiger partial charge in [-0.25, -0.2) is 4.98 Å². The van der Waals surface area contributed by atoms with Crippen LogP contribution in [0.15, 0.2) is 42.5 Å². The van der Waals surface area contributed by atoms with Crippen molar-refractivity contribution in [2.45, 2.75) is 20.3 Å². The van der Waals surface area contributed by atoms with Crippen LogP contribution in [0.3, 0.4) is 0 Å². The van der Waals surface area contributed by atoms with Crippen LogP contribution in [-0.2, 0) is 9.53 Å². The van der Waals surface area contributed by atoms with Crippen molar-refractivity contribution < 1.29 is 19.0 Å². The van der Waals surface area contributed by atoms with E-state index in [1.54, 1.807) is 4.90 Å². The molecule has 1 fully saturated rings. The Kier molecular flexibility index (Phi) is 8.15. The lowest BCUT2D eigenvalue weighted by atomic mass is 10.2. The van der Waals surface area contributed by atoms with E-state index in [1.807, 2.05) is 56.3 Å². The average Bonchev–Trinajstić information content (AvgIpc) is 3.26. The highest BCUT2D eigenvalue weighted by Crippen LogP contribution is 2.34. The Labute approximate surface area is 198 Å². The molecule has 0 radical (unpaired) electrons. The van der Waals surface area contributed by atoms with E-state index in [9.17, 15) is 4.79 Å². The standard InChI is InChI=1S/C25H31N3O4S/c1-3-31-21-9-5-10-22-24(21)26-25(33-22)28(12-6-11-27-13-15-30-16-14-27)23(29)18-32-20-8-4-7-19(2)17-20/h4-5,7-10,17H,3,6,11-16,18H2,1-2H3. The normalized spacial score (nSPS) is 14.4. The molecular weight excluding hydrogens is 438 g/mol. The molecule has 176 valence electrons. The second-order valence-electron chi connectivity index (χ2n) is 7.99. The number of hydrogen-bond donors (Lipinski definition) is 0. The molecule has 1 aliphatic rings. The van der Waals surface area contributed by atoms with E-state index < -0.39 is 0 Å². The third kappa shape index (κ3) is 6.22. The van der Waals surface area contributed by atoms with Crippen molar-refractivity contribution in [1.29, 1.82) is 0 Å². The fraction of sp³-hybridized carbons (Fsp3) is 0.440. The number of morpholine rings is 1. The van der Waals surface area contributed by atoms with E-state index in [2.05, 4.69) is 4.90 Å². The summed E-state index contributed by atoms with van der Waals surface area (Å²) in [4.78, 5) is 22.2. The Hall–Kier alpha value is -2.68. The Morgan fingerprint density at radius 2 is 2.00 bits per heavy atom. The number of aromatic nitrogens is 1. The molecule has 2 aromatic carbocycles. The lowest BCUT2D eigenvalue weighted by molar-refractivity contribution is -0.120. The van der Waals surface area contributed by atoms with Crippen LogP contribution < -0.4 is 14.4 Å². The molecule has 1 amide bonds. The van der Waals surface area contributed by atoms with Gasteiger partial charge in [0.15, 0.2) is 11.7 Å². The third-order valence-corrected chi connectivity index (χ3v) is 6.56. The largest absolute Gasteiger partial charge is 0.492 e. The van der Waals surface area contributed by atoms with Gasteiger partial charge in [-0.1, -0.05) is 29.5 Å². The van der Waals surface area contributed by atoms with Gasteiger partial charge in [-0.05, 0) is 50.1 Å². The molecule has 0 unspecified atom stereocenters. The molecule has 1 aromatic heterocycles. The maximum atomic E-state index is 13.3. The molecule has 0 N–H and O–H groups in total. The summed E-state index contributed by atoms with van der Waals surface area (Å²) in [6.45, 7) is 9.40. The number of nitrogens with zero attached hydrogens (tertiary/aromatic N) is 3. The first-order chi connectivity index (χ1) is 16.1. The van der Waals surface area contributed by atoms with E-state index in [4.69, 9.17) is 19.2 Å². The molecule has 0 spiro atoms. The third-order valence-electron chi connectivity index (χ3n) is 5.51. The molecule has 1 aliphatic heterocycles. The van der Waals surface area contributed by atoms with Gasteiger partial charge >= 0.3 is 0 Å². The minimum Gasteiger partial charge on any atom is -0.492 e. The summed E-state index contributed by atoms with van der Waals surface area (Å²) in [6, 6.07) is 13.6. The number of rotatable bonds is 10. The van der Waals surface area contributed by atoms with Gasteiger partial charge in [0.05, 0.1) is 24.5 Å². The van der Waals surface area contributed by atoms with Gasteiger partial charge in [-0.2, -0.15) is 0 Å². The number of aryl methyl sites for hydroxylation is 1. The van der Waals surface area contributed by atoms with Gasteiger partial charge in [0.2, 0.25) is 0 Å². The van der Waals surface area contributed by atoms with Gasteiger partial charge in [-0.15, -0.1) is 0 Å².